The first kappa shape index (κ1) is 14.8. The normalized spacial score (nSPS) is 11.5. The van der Waals surface area contributed by atoms with Crippen molar-refractivity contribution in [2.75, 3.05) is 0 Å². The van der Waals surface area contributed by atoms with E-state index in [4.69, 9.17) is 4.98 Å². The van der Waals surface area contributed by atoms with Crippen LogP contribution in [0.25, 0.3) is 39.6 Å². The number of aryl methyl sites for hydroxylation is 2. The lowest BCUT2D eigenvalue weighted by Gasteiger charge is -1.97. The lowest BCUT2D eigenvalue weighted by atomic mass is 10.2. The van der Waals surface area contributed by atoms with E-state index in [1.54, 1.807) is 4.52 Å². The molecule has 5 aromatic rings. The lowest BCUT2D eigenvalue weighted by molar-refractivity contribution is 0.888. The van der Waals surface area contributed by atoms with Gasteiger partial charge in [-0.25, -0.2) is 14.5 Å². The maximum Gasteiger partial charge on any atom is 0.253 e. The molecule has 0 bridgehead atoms. The fourth-order valence-electron chi connectivity index (χ4n) is 3.17. The molecule has 2 aromatic carbocycles. The summed E-state index contributed by atoms with van der Waals surface area (Å²) in [4.78, 5) is 17.1. The first-order chi connectivity index (χ1) is 12.7. The summed E-state index contributed by atoms with van der Waals surface area (Å²) in [5.74, 6) is 2.12. The van der Waals surface area contributed by atoms with Gasteiger partial charge in [0.25, 0.3) is 5.78 Å². The minimum Gasteiger partial charge on any atom is -0.338 e. The minimum absolute atomic E-state index is 0.615. The molecule has 0 radical (unpaired) electrons. The molecular weight excluding hydrogens is 324 g/mol. The van der Waals surface area contributed by atoms with E-state index in [0.29, 0.717) is 11.6 Å². The zero-order valence-electron chi connectivity index (χ0n) is 14.4. The molecular formula is C20H16N6. The van der Waals surface area contributed by atoms with Crippen LogP contribution in [0.4, 0.5) is 0 Å². The van der Waals surface area contributed by atoms with Gasteiger partial charge < -0.3 is 4.98 Å². The molecule has 6 nitrogen and oxygen atoms in total. The topological polar surface area (TPSA) is 71.8 Å². The Balaban J connectivity index is 1.62. The zero-order chi connectivity index (χ0) is 17.7. The van der Waals surface area contributed by atoms with Gasteiger partial charge in [-0.15, -0.1) is 5.10 Å². The number of aromatic amines is 1. The van der Waals surface area contributed by atoms with Crippen molar-refractivity contribution in [3.05, 3.63) is 66.0 Å². The van der Waals surface area contributed by atoms with Gasteiger partial charge in [0.1, 0.15) is 5.82 Å². The van der Waals surface area contributed by atoms with Gasteiger partial charge in [-0.1, -0.05) is 30.3 Å². The lowest BCUT2D eigenvalue weighted by Crippen LogP contribution is -1.97. The summed E-state index contributed by atoms with van der Waals surface area (Å²) in [5.41, 5.74) is 5.81. The van der Waals surface area contributed by atoms with E-state index in [0.717, 1.165) is 39.4 Å². The van der Waals surface area contributed by atoms with E-state index in [2.05, 4.69) is 20.1 Å². The quantitative estimate of drug-likeness (QED) is 0.528. The summed E-state index contributed by atoms with van der Waals surface area (Å²) >= 11 is 0. The Hall–Kier alpha value is -3.54. The molecule has 1 N–H and O–H groups in total. The molecule has 3 heterocycles. The van der Waals surface area contributed by atoms with Crippen LogP contribution in [0.2, 0.25) is 0 Å². The van der Waals surface area contributed by atoms with Gasteiger partial charge in [0.15, 0.2) is 5.82 Å². The summed E-state index contributed by atoms with van der Waals surface area (Å²) in [6.45, 7) is 3.96. The maximum absolute atomic E-state index is 4.72. The van der Waals surface area contributed by atoms with Crippen LogP contribution in [0.3, 0.4) is 0 Å². The summed E-state index contributed by atoms with van der Waals surface area (Å²) in [6, 6.07) is 18.1. The number of H-pyrrole nitrogens is 1. The van der Waals surface area contributed by atoms with Gasteiger partial charge >= 0.3 is 0 Å². The minimum atomic E-state index is 0.615. The highest BCUT2D eigenvalue weighted by atomic mass is 15.3. The van der Waals surface area contributed by atoms with E-state index in [1.165, 1.54) is 0 Å². The third kappa shape index (κ3) is 2.35. The number of nitrogens with zero attached hydrogens (tertiary/aromatic N) is 5. The van der Waals surface area contributed by atoms with Crippen LogP contribution in [-0.4, -0.2) is 29.5 Å². The van der Waals surface area contributed by atoms with E-state index >= 15 is 0 Å². The van der Waals surface area contributed by atoms with Gasteiger partial charge in [-0.3, -0.25) is 0 Å². The SMILES string of the molecule is Cc1cc(C)n2nc(-c3ccc4[nH]c(-c5ccccc5)nc4c3)nc2n1. The van der Waals surface area contributed by atoms with Gasteiger partial charge in [-0.2, -0.15) is 4.98 Å². The molecule has 0 atom stereocenters. The van der Waals surface area contributed by atoms with Crippen LogP contribution in [0.1, 0.15) is 11.4 Å². The molecule has 0 aliphatic heterocycles. The predicted molar refractivity (Wildman–Crippen MR) is 101 cm³/mol. The molecule has 0 unspecified atom stereocenters. The molecule has 0 aliphatic rings. The number of imidazole rings is 1. The van der Waals surface area contributed by atoms with Crippen molar-refractivity contribution in [1.29, 1.82) is 0 Å². The summed E-state index contributed by atoms with van der Waals surface area (Å²) < 4.78 is 1.77. The Morgan fingerprint density at radius 1 is 0.846 bits per heavy atom. The average molecular weight is 340 g/mol. The highest BCUT2D eigenvalue weighted by Crippen LogP contribution is 2.24. The van der Waals surface area contributed by atoms with Crippen LogP contribution in [-0.2, 0) is 0 Å². The van der Waals surface area contributed by atoms with E-state index in [9.17, 15) is 0 Å². The van der Waals surface area contributed by atoms with Crippen molar-refractivity contribution in [2.45, 2.75) is 13.8 Å². The van der Waals surface area contributed by atoms with Crippen molar-refractivity contribution in [1.82, 2.24) is 29.5 Å². The number of hydrogen-bond donors (Lipinski definition) is 1. The van der Waals surface area contributed by atoms with E-state index in [-0.39, 0.29) is 0 Å². The Morgan fingerprint density at radius 3 is 2.54 bits per heavy atom. The monoisotopic (exact) mass is 340 g/mol. The van der Waals surface area contributed by atoms with Crippen molar-refractivity contribution in [2.24, 2.45) is 0 Å². The second-order valence-electron chi connectivity index (χ2n) is 6.37. The van der Waals surface area contributed by atoms with Gasteiger partial charge in [0.05, 0.1) is 11.0 Å². The standard InChI is InChI=1S/C20H16N6/c1-12-10-13(2)26-20(21-12)24-19(25-26)15-8-9-16-17(11-15)23-18(22-16)14-6-4-3-5-7-14/h3-11H,1-2H3,(H,22,23). The van der Waals surface area contributed by atoms with Gasteiger partial charge in [0, 0.05) is 22.5 Å². The first-order valence-corrected chi connectivity index (χ1v) is 8.44. The molecule has 0 saturated carbocycles. The molecule has 0 fully saturated rings. The number of aromatic nitrogens is 6. The third-order valence-electron chi connectivity index (χ3n) is 4.41. The van der Waals surface area contributed by atoms with Crippen LogP contribution < -0.4 is 0 Å². The summed E-state index contributed by atoms with van der Waals surface area (Å²) in [7, 11) is 0. The molecule has 26 heavy (non-hydrogen) atoms. The molecule has 5 rings (SSSR count). The van der Waals surface area contributed by atoms with Crippen molar-refractivity contribution in [3.63, 3.8) is 0 Å². The number of rotatable bonds is 2. The zero-order valence-corrected chi connectivity index (χ0v) is 14.4. The first-order valence-electron chi connectivity index (χ1n) is 8.44. The van der Waals surface area contributed by atoms with Crippen LogP contribution in [0.15, 0.2) is 54.6 Å². The molecule has 0 saturated heterocycles. The van der Waals surface area contributed by atoms with E-state index in [1.807, 2.05) is 68.4 Å². The largest absolute Gasteiger partial charge is 0.338 e. The van der Waals surface area contributed by atoms with Crippen LogP contribution >= 0.6 is 0 Å². The van der Waals surface area contributed by atoms with Crippen LogP contribution in [0, 0.1) is 13.8 Å². The van der Waals surface area contributed by atoms with E-state index < -0.39 is 0 Å². The number of benzene rings is 2. The second kappa shape index (κ2) is 5.49. The smallest absolute Gasteiger partial charge is 0.253 e. The van der Waals surface area contributed by atoms with Gasteiger partial charge in [-0.05, 0) is 38.1 Å². The highest BCUT2D eigenvalue weighted by Gasteiger charge is 2.12. The van der Waals surface area contributed by atoms with Crippen molar-refractivity contribution < 1.29 is 0 Å². The molecule has 6 heteroatoms. The fourth-order valence-corrected chi connectivity index (χ4v) is 3.17. The third-order valence-corrected chi connectivity index (χ3v) is 4.41. The summed E-state index contributed by atoms with van der Waals surface area (Å²) in [6.07, 6.45) is 0. The number of nitrogens with one attached hydrogen (secondary N) is 1. The number of fused-ring (bicyclic) bond motifs is 2. The average Bonchev–Trinajstić information content (AvgIpc) is 3.25. The predicted octanol–water partition coefficient (Wildman–Crippen LogP) is 3.95. The number of hydrogen-bond acceptors (Lipinski definition) is 4. The Kier molecular flexibility index (Phi) is 3.12. The van der Waals surface area contributed by atoms with Crippen molar-refractivity contribution in [3.8, 4) is 22.8 Å². The van der Waals surface area contributed by atoms with Gasteiger partial charge in [0.2, 0.25) is 0 Å². The Bertz CT molecular complexity index is 1250. The fraction of sp³-hybridized carbons (Fsp3) is 0.100. The van der Waals surface area contributed by atoms with Crippen molar-refractivity contribution >= 4 is 16.8 Å². The maximum atomic E-state index is 4.72. The molecule has 0 amide bonds. The molecule has 3 aromatic heterocycles. The molecule has 0 aliphatic carbocycles. The Morgan fingerprint density at radius 2 is 1.69 bits per heavy atom. The Labute approximate surface area is 149 Å². The molecule has 126 valence electrons. The van der Waals surface area contributed by atoms with Crippen LogP contribution in [0.5, 0.6) is 0 Å². The highest BCUT2D eigenvalue weighted by molar-refractivity contribution is 5.83. The molecule has 0 spiro atoms. The summed E-state index contributed by atoms with van der Waals surface area (Å²) in [5, 5.41) is 4.60. The second-order valence-corrected chi connectivity index (χ2v) is 6.37.